The zero-order valence-corrected chi connectivity index (χ0v) is 11.0. The highest BCUT2D eigenvalue weighted by Gasteiger charge is 2.26. The summed E-state index contributed by atoms with van der Waals surface area (Å²) in [6.07, 6.45) is 0. The molecule has 0 amide bonds. The molecule has 0 spiro atoms. The molecule has 0 aliphatic carbocycles. The third-order valence-electron chi connectivity index (χ3n) is 2.19. The Bertz CT molecular complexity index is 466. The fourth-order valence-corrected chi connectivity index (χ4v) is 2.78. The molecular weight excluding hydrogens is 240 g/mol. The van der Waals surface area contributed by atoms with E-state index in [0.29, 0.717) is 0 Å². The topological polar surface area (TPSA) is 81.4 Å². The second kappa shape index (κ2) is 5.14. The number of nitrogens with two attached hydrogens (primary N) is 1. The van der Waals surface area contributed by atoms with Crippen molar-refractivity contribution in [3.8, 4) is 0 Å². The Hall–Kier alpha value is -0.950. The van der Waals surface area contributed by atoms with E-state index in [1.807, 2.05) is 6.92 Å². The SMILES string of the molecule is Cc1ccc(S(=O)(=O)NC(C)(C)CON)cc1. The predicted molar refractivity (Wildman–Crippen MR) is 65.7 cm³/mol. The first-order valence-electron chi connectivity index (χ1n) is 5.19. The van der Waals surface area contributed by atoms with Crippen molar-refractivity contribution in [2.45, 2.75) is 31.2 Å². The lowest BCUT2D eigenvalue weighted by atomic mass is 10.1. The van der Waals surface area contributed by atoms with E-state index in [1.165, 1.54) is 0 Å². The van der Waals surface area contributed by atoms with Gasteiger partial charge in [0.1, 0.15) is 0 Å². The Morgan fingerprint density at radius 1 is 1.29 bits per heavy atom. The van der Waals surface area contributed by atoms with Crippen molar-refractivity contribution in [1.82, 2.24) is 4.72 Å². The molecule has 0 radical (unpaired) electrons. The minimum absolute atomic E-state index is 0.0953. The lowest BCUT2D eigenvalue weighted by Gasteiger charge is -2.24. The van der Waals surface area contributed by atoms with E-state index >= 15 is 0 Å². The number of sulfonamides is 1. The molecule has 6 heteroatoms. The molecule has 17 heavy (non-hydrogen) atoms. The van der Waals surface area contributed by atoms with Gasteiger partial charge < -0.3 is 4.84 Å². The molecule has 0 aliphatic heterocycles. The molecule has 1 rings (SSSR count). The summed E-state index contributed by atoms with van der Waals surface area (Å²) in [6.45, 7) is 5.39. The van der Waals surface area contributed by atoms with Crippen LogP contribution in [-0.2, 0) is 14.9 Å². The molecular formula is C11H18N2O3S. The Labute approximate surface area is 102 Å². The Morgan fingerprint density at radius 2 is 1.82 bits per heavy atom. The number of nitrogens with one attached hydrogen (secondary N) is 1. The molecule has 96 valence electrons. The van der Waals surface area contributed by atoms with Crippen LogP contribution < -0.4 is 10.6 Å². The first kappa shape index (κ1) is 14.1. The Morgan fingerprint density at radius 3 is 2.29 bits per heavy atom. The largest absolute Gasteiger partial charge is 0.303 e. The van der Waals surface area contributed by atoms with Crippen molar-refractivity contribution < 1.29 is 13.3 Å². The second-order valence-electron chi connectivity index (χ2n) is 4.61. The minimum atomic E-state index is -3.54. The minimum Gasteiger partial charge on any atom is -0.303 e. The molecule has 0 heterocycles. The molecule has 1 aromatic carbocycles. The predicted octanol–water partition coefficient (Wildman–Crippen LogP) is 0.942. The molecule has 0 aromatic heterocycles. The van der Waals surface area contributed by atoms with Crippen molar-refractivity contribution in [2.75, 3.05) is 6.61 Å². The van der Waals surface area contributed by atoms with Crippen molar-refractivity contribution in [3.05, 3.63) is 29.8 Å². The van der Waals surface area contributed by atoms with Crippen LogP contribution in [0.3, 0.4) is 0 Å². The van der Waals surface area contributed by atoms with E-state index in [9.17, 15) is 8.42 Å². The van der Waals surface area contributed by atoms with E-state index in [4.69, 9.17) is 5.90 Å². The Balaban J connectivity index is 2.93. The van der Waals surface area contributed by atoms with Crippen LogP contribution in [0.25, 0.3) is 0 Å². The first-order chi connectivity index (χ1) is 7.77. The summed E-state index contributed by atoms with van der Waals surface area (Å²) in [5, 5.41) is 0. The fourth-order valence-electron chi connectivity index (χ4n) is 1.38. The summed E-state index contributed by atoms with van der Waals surface area (Å²) in [6, 6.07) is 6.64. The summed E-state index contributed by atoms with van der Waals surface area (Å²) in [7, 11) is -3.54. The highest BCUT2D eigenvalue weighted by Crippen LogP contribution is 2.13. The lowest BCUT2D eigenvalue weighted by Crippen LogP contribution is -2.47. The smallest absolute Gasteiger partial charge is 0.241 e. The van der Waals surface area contributed by atoms with Crippen LogP contribution in [0, 0.1) is 6.92 Å². The van der Waals surface area contributed by atoms with Crippen LogP contribution in [0.4, 0.5) is 0 Å². The van der Waals surface area contributed by atoms with Gasteiger partial charge in [0.25, 0.3) is 0 Å². The van der Waals surface area contributed by atoms with E-state index in [0.717, 1.165) is 5.56 Å². The molecule has 0 saturated heterocycles. The average Bonchev–Trinajstić information content (AvgIpc) is 2.16. The highest BCUT2D eigenvalue weighted by atomic mass is 32.2. The van der Waals surface area contributed by atoms with Crippen molar-refractivity contribution in [2.24, 2.45) is 5.90 Å². The summed E-state index contributed by atoms with van der Waals surface area (Å²) in [5.41, 5.74) is 0.256. The molecule has 0 fully saturated rings. The Kier molecular flexibility index (Phi) is 4.26. The van der Waals surface area contributed by atoms with Crippen molar-refractivity contribution >= 4 is 10.0 Å². The zero-order chi connectivity index (χ0) is 13.1. The van der Waals surface area contributed by atoms with Gasteiger partial charge in [-0.25, -0.2) is 19.0 Å². The average molecular weight is 258 g/mol. The van der Waals surface area contributed by atoms with E-state index in [1.54, 1.807) is 38.1 Å². The summed E-state index contributed by atoms with van der Waals surface area (Å²) < 4.78 is 26.6. The molecule has 0 unspecified atom stereocenters. The van der Waals surface area contributed by atoms with Crippen LogP contribution >= 0.6 is 0 Å². The van der Waals surface area contributed by atoms with Gasteiger partial charge >= 0.3 is 0 Å². The van der Waals surface area contributed by atoms with Crippen molar-refractivity contribution in [1.29, 1.82) is 0 Å². The van der Waals surface area contributed by atoms with Gasteiger partial charge in [-0.05, 0) is 32.9 Å². The standard InChI is InChI=1S/C11H18N2O3S/c1-9-4-6-10(7-5-9)17(14,15)13-11(2,3)8-16-12/h4-7,13H,8,12H2,1-3H3. The summed E-state index contributed by atoms with van der Waals surface area (Å²) >= 11 is 0. The maximum Gasteiger partial charge on any atom is 0.241 e. The maximum atomic E-state index is 12.0. The molecule has 0 aliphatic rings. The van der Waals surface area contributed by atoms with Gasteiger partial charge in [0, 0.05) is 0 Å². The highest BCUT2D eigenvalue weighted by molar-refractivity contribution is 7.89. The van der Waals surface area contributed by atoms with Crippen LogP contribution in [0.15, 0.2) is 29.2 Å². The number of hydrogen-bond donors (Lipinski definition) is 2. The quantitative estimate of drug-likeness (QED) is 0.770. The maximum absolute atomic E-state index is 12.0. The van der Waals surface area contributed by atoms with Gasteiger partial charge in [-0.3, -0.25) is 0 Å². The molecule has 0 atom stereocenters. The fraction of sp³-hybridized carbons (Fsp3) is 0.455. The molecule has 0 bridgehead atoms. The number of rotatable bonds is 5. The van der Waals surface area contributed by atoms with Gasteiger partial charge in [0.05, 0.1) is 17.0 Å². The van der Waals surface area contributed by atoms with Crippen LogP contribution in [-0.4, -0.2) is 20.6 Å². The monoisotopic (exact) mass is 258 g/mol. The lowest BCUT2D eigenvalue weighted by molar-refractivity contribution is 0.0929. The summed E-state index contributed by atoms with van der Waals surface area (Å²) in [5.74, 6) is 4.96. The second-order valence-corrected chi connectivity index (χ2v) is 6.30. The van der Waals surface area contributed by atoms with Crippen molar-refractivity contribution in [3.63, 3.8) is 0 Å². The number of hydrogen-bond acceptors (Lipinski definition) is 4. The first-order valence-corrected chi connectivity index (χ1v) is 6.67. The zero-order valence-electron chi connectivity index (χ0n) is 10.2. The van der Waals surface area contributed by atoms with E-state index in [-0.39, 0.29) is 11.5 Å². The number of aryl methyl sites for hydroxylation is 1. The van der Waals surface area contributed by atoms with Crippen LogP contribution in [0.1, 0.15) is 19.4 Å². The molecule has 5 nitrogen and oxygen atoms in total. The van der Waals surface area contributed by atoms with E-state index < -0.39 is 15.6 Å². The third kappa shape index (κ3) is 4.08. The normalized spacial score (nSPS) is 12.7. The third-order valence-corrected chi connectivity index (χ3v) is 3.90. The molecule has 0 saturated carbocycles. The van der Waals surface area contributed by atoms with Gasteiger partial charge in [0.2, 0.25) is 10.0 Å². The van der Waals surface area contributed by atoms with Crippen LogP contribution in [0.5, 0.6) is 0 Å². The van der Waals surface area contributed by atoms with Gasteiger partial charge in [-0.2, -0.15) is 0 Å². The van der Waals surface area contributed by atoms with E-state index in [2.05, 4.69) is 9.56 Å². The van der Waals surface area contributed by atoms with Crippen LogP contribution in [0.2, 0.25) is 0 Å². The molecule has 1 aromatic rings. The van der Waals surface area contributed by atoms with Gasteiger partial charge in [-0.1, -0.05) is 17.7 Å². The summed E-state index contributed by atoms with van der Waals surface area (Å²) in [4.78, 5) is 4.71. The number of benzene rings is 1. The van der Waals surface area contributed by atoms with Gasteiger partial charge in [-0.15, -0.1) is 0 Å². The molecule has 3 N–H and O–H groups in total. The van der Waals surface area contributed by atoms with Gasteiger partial charge in [0.15, 0.2) is 0 Å².